The molecule has 6 nitrogen and oxygen atoms in total. The molecule has 90 valence electrons. The number of nitrogens with two attached hydrogens (primary N) is 1. The zero-order valence-corrected chi connectivity index (χ0v) is 9.42. The van der Waals surface area contributed by atoms with Crippen molar-refractivity contribution in [2.45, 2.75) is 6.17 Å². The number of hydrogen-bond acceptors (Lipinski definition) is 5. The summed E-state index contributed by atoms with van der Waals surface area (Å²) in [5.41, 5.74) is 6.87. The molecule has 1 aromatic carbocycles. The molecule has 2 aromatic rings. The van der Waals surface area contributed by atoms with E-state index in [4.69, 9.17) is 5.73 Å². The first-order valence-electron chi connectivity index (χ1n) is 5.49. The quantitative estimate of drug-likeness (QED) is 0.690. The number of benzene rings is 1. The summed E-state index contributed by atoms with van der Waals surface area (Å²) in [4.78, 5) is 19.7. The van der Waals surface area contributed by atoms with Gasteiger partial charge in [0.25, 0.3) is 5.91 Å². The molecule has 1 amide bonds. The minimum atomic E-state index is -0.305. The smallest absolute Gasteiger partial charge is 0.258 e. The number of amides is 1. The third kappa shape index (κ3) is 1.73. The number of anilines is 2. The number of carbonyl (C=O) groups is 1. The van der Waals surface area contributed by atoms with Crippen LogP contribution in [0, 0.1) is 0 Å². The maximum absolute atomic E-state index is 11.9. The number of aromatic nitrogens is 2. The molecule has 1 atom stereocenters. The van der Waals surface area contributed by atoms with Gasteiger partial charge in [0.05, 0.1) is 0 Å². The number of nitrogen functional groups attached to an aromatic ring is 1. The Morgan fingerprint density at radius 1 is 1.17 bits per heavy atom. The lowest BCUT2D eigenvalue weighted by atomic mass is 10.1. The highest BCUT2D eigenvalue weighted by atomic mass is 16.2. The summed E-state index contributed by atoms with van der Waals surface area (Å²) < 4.78 is 0. The van der Waals surface area contributed by atoms with E-state index in [1.54, 1.807) is 0 Å². The van der Waals surface area contributed by atoms with E-state index in [0.717, 1.165) is 5.56 Å². The average molecular weight is 241 g/mol. The molecule has 0 spiro atoms. The van der Waals surface area contributed by atoms with Crippen LogP contribution in [0.5, 0.6) is 0 Å². The number of hydrogen-bond donors (Lipinski definition) is 3. The minimum absolute atomic E-state index is 0.141. The van der Waals surface area contributed by atoms with Crippen molar-refractivity contribution in [3.63, 3.8) is 0 Å². The number of rotatable bonds is 1. The van der Waals surface area contributed by atoms with E-state index in [-0.39, 0.29) is 18.0 Å². The Morgan fingerprint density at radius 2 is 1.94 bits per heavy atom. The van der Waals surface area contributed by atoms with E-state index in [2.05, 4.69) is 20.6 Å². The monoisotopic (exact) mass is 241 g/mol. The molecule has 0 radical (unpaired) electrons. The van der Waals surface area contributed by atoms with Crippen molar-refractivity contribution in [2.24, 2.45) is 0 Å². The third-order valence-corrected chi connectivity index (χ3v) is 2.74. The van der Waals surface area contributed by atoms with E-state index < -0.39 is 0 Å². The Balaban J connectivity index is 1.98. The topological polar surface area (TPSA) is 92.9 Å². The lowest BCUT2D eigenvalue weighted by molar-refractivity contribution is 0.0934. The van der Waals surface area contributed by atoms with Gasteiger partial charge in [0.15, 0.2) is 0 Å². The van der Waals surface area contributed by atoms with Gasteiger partial charge in [-0.3, -0.25) is 4.79 Å². The second kappa shape index (κ2) is 3.99. The normalized spacial score (nSPS) is 17.6. The Labute approximate surface area is 103 Å². The van der Waals surface area contributed by atoms with Gasteiger partial charge >= 0.3 is 0 Å². The van der Waals surface area contributed by atoms with E-state index in [1.807, 2.05) is 30.3 Å². The van der Waals surface area contributed by atoms with Gasteiger partial charge in [-0.25, -0.2) is 4.98 Å². The first kappa shape index (κ1) is 10.5. The third-order valence-electron chi connectivity index (χ3n) is 2.74. The largest absolute Gasteiger partial charge is 0.368 e. The van der Waals surface area contributed by atoms with E-state index in [9.17, 15) is 4.79 Å². The fourth-order valence-electron chi connectivity index (χ4n) is 1.87. The van der Waals surface area contributed by atoms with Crippen LogP contribution in [0.25, 0.3) is 0 Å². The molecule has 3 rings (SSSR count). The van der Waals surface area contributed by atoms with Crippen molar-refractivity contribution in [2.75, 3.05) is 11.1 Å². The molecule has 0 bridgehead atoms. The lowest BCUT2D eigenvalue weighted by Crippen LogP contribution is -2.39. The molecule has 6 heteroatoms. The molecule has 18 heavy (non-hydrogen) atoms. The number of nitrogens with one attached hydrogen (secondary N) is 2. The second-order valence-corrected chi connectivity index (χ2v) is 3.95. The number of nitrogens with zero attached hydrogens (tertiary/aromatic N) is 2. The van der Waals surface area contributed by atoms with E-state index >= 15 is 0 Å². The van der Waals surface area contributed by atoms with Crippen LogP contribution in [0.15, 0.2) is 36.5 Å². The maximum atomic E-state index is 11.9. The first-order chi connectivity index (χ1) is 8.74. The fraction of sp³-hybridized carbons (Fsp3) is 0.0833. The molecule has 1 aliphatic heterocycles. The summed E-state index contributed by atoms with van der Waals surface area (Å²) in [5.74, 6) is 0.389. The molecule has 2 heterocycles. The van der Waals surface area contributed by atoms with Gasteiger partial charge in [-0.2, -0.15) is 4.98 Å². The summed E-state index contributed by atoms with van der Waals surface area (Å²) in [6.45, 7) is 0. The molecule has 1 aromatic heterocycles. The van der Waals surface area contributed by atoms with Gasteiger partial charge in [-0.1, -0.05) is 30.3 Å². The molecule has 0 aliphatic carbocycles. The molecule has 0 saturated heterocycles. The van der Waals surface area contributed by atoms with Gasteiger partial charge in [-0.15, -0.1) is 0 Å². The molecule has 4 N–H and O–H groups in total. The van der Waals surface area contributed by atoms with Crippen LogP contribution in [0.1, 0.15) is 22.1 Å². The van der Waals surface area contributed by atoms with Crippen LogP contribution in [-0.2, 0) is 0 Å². The fourth-order valence-corrected chi connectivity index (χ4v) is 1.87. The van der Waals surface area contributed by atoms with Crippen LogP contribution in [0.2, 0.25) is 0 Å². The van der Waals surface area contributed by atoms with Crippen LogP contribution in [0.3, 0.4) is 0 Å². The summed E-state index contributed by atoms with van der Waals surface area (Å²) in [5, 5.41) is 5.96. The Morgan fingerprint density at radius 3 is 2.72 bits per heavy atom. The summed E-state index contributed by atoms with van der Waals surface area (Å²) in [7, 11) is 0. The van der Waals surface area contributed by atoms with Crippen LogP contribution in [0.4, 0.5) is 11.8 Å². The minimum Gasteiger partial charge on any atom is -0.368 e. The standard InChI is InChI=1S/C12H11N5O/c13-12-14-6-8-10(17-12)15-9(16-11(8)18)7-4-2-1-3-5-7/h1-6,9H,(H,16,18)(H3,13,14,15,17). The predicted octanol–water partition coefficient (Wildman–Crippen LogP) is 0.913. The summed E-state index contributed by atoms with van der Waals surface area (Å²) in [6, 6.07) is 9.59. The number of carbonyl (C=O) groups excluding carboxylic acids is 1. The lowest BCUT2D eigenvalue weighted by Gasteiger charge is -2.26. The van der Waals surface area contributed by atoms with Gasteiger partial charge in [0.1, 0.15) is 17.5 Å². The van der Waals surface area contributed by atoms with Crippen LogP contribution < -0.4 is 16.4 Å². The van der Waals surface area contributed by atoms with Crippen molar-refractivity contribution in [3.05, 3.63) is 47.7 Å². The molecule has 0 saturated carbocycles. The summed E-state index contributed by atoms with van der Waals surface area (Å²) >= 11 is 0. The Kier molecular flexibility index (Phi) is 2.33. The number of fused-ring (bicyclic) bond motifs is 1. The van der Waals surface area contributed by atoms with Crippen molar-refractivity contribution in [1.29, 1.82) is 0 Å². The van der Waals surface area contributed by atoms with Crippen molar-refractivity contribution in [1.82, 2.24) is 15.3 Å². The van der Waals surface area contributed by atoms with Gasteiger partial charge < -0.3 is 16.4 Å². The van der Waals surface area contributed by atoms with E-state index in [1.165, 1.54) is 6.20 Å². The average Bonchev–Trinajstić information content (AvgIpc) is 2.39. The van der Waals surface area contributed by atoms with Crippen LogP contribution >= 0.6 is 0 Å². The Bertz CT molecular complexity index is 599. The van der Waals surface area contributed by atoms with Gasteiger partial charge in [0.2, 0.25) is 5.95 Å². The van der Waals surface area contributed by atoms with Crippen LogP contribution in [-0.4, -0.2) is 15.9 Å². The Hall–Kier alpha value is -2.63. The maximum Gasteiger partial charge on any atom is 0.258 e. The molecule has 1 unspecified atom stereocenters. The van der Waals surface area contributed by atoms with Crippen molar-refractivity contribution >= 4 is 17.7 Å². The highest BCUT2D eigenvalue weighted by Crippen LogP contribution is 2.24. The van der Waals surface area contributed by atoms with Crippen molar-refractivity contribution < 1.29 is 4.79 Å². The SMILES string of the molecule is Nc1ncc2c(n1)NC(c1ccccc1)NC2=O. The highest BCUT2D eigenvalue weighted by Gasteiger charge is 2.25. The molecular formula is C12H11N5O. The highest BCUT2D eigenvalue weighted by molar-refractivity contribution is 6.00. The molecular weight excluding hydrogens is 230 g/mol. The summed E-state index contributed by atoms with van der Waals surface area (Å²) in [6.07, 6.45) is 1.11. The predicted molar refractivity (Wildman–Crippen MR) is 66.7 cm³/mol. The zero-order valence-electron chi connectivity index (χ0n) is 9.42. The zero-order chi connectivity index (χ0) is 12.5. The van der Waals surface area contributed by atoms with Gasteiger partial charge in [0, 0.05) is 6.20 Å². The van der Waals surface area contributed by atoms with Crippen molar-refractivity contribution in [3.8, 4) is 0 Å². The van der Waals surface area contributed by atoms with Gasteiger partial charge in [-0.05, 0) is 5.56 Å². The van der Waals surface area contributed by atoms with E-state index in [0.29, 0.717) is 11.4 Å². The molecule has 1 aliphatic rings. The second-order valence-electron chi connectivity index (χ2n) is 3.95. The first-order valence-corrected chi connectivity index (χ1v) is 5.49. The molecule has 0 fully saturated rings.